The zero-order valence-electron chi connectivity index (χ0n) is 17.8. The highest BCUT2D eigenvalue weighted by Gasteiger charge is 2.36. The summed E-state index contributed by atoms with van der Waals surface area (Å²) >= 11 is 5.56. The lowest BCUT2D eigenvalue weighted by Crippen LogP contribution is -2.48. The summed E-state index contributed by atoms with van der Waals surface area (Å²) in [6.07, 6.45) is 0. The molecule has 0 aliphatic carbocycles. The van der Waals surface area contributed by atoms with Crippen LogP contribution in [0.25, 0.3) is 0 Å². The minimum atomic E-state index is -0.713. The van der Waals surface area contributed by atoms with E-state index in [2.05, 4.69) is 5.32 Å². The number of thiocarbonyl (C=S) groups is 1. The van der Waals surface area contributed by atoms with Crippen LogP contribution in [0.4, 0.5) is 10.1 Å². The molecule has 0 aromatic heterocycles. The number of benzene rings is 2. The highest BCUT2D eigenvalue weighted by Crippen LogP contribution is 2.42. The van der Waals surface area contributed by atoms with Gasteiger partial charge < -0.3 is 24.6 Å². The molecule has 3 rings (SSSR count). The molecule has 164 valence electrons. The van der Waals surface area contributed by atoms with E-state index in [4.69, 9.17) is 26.4 Å². The van der Waals surface area contributed by atoms with Crippen LogP contribution < -0.4 is 19.7 Å². The van der Waals surface area contributed by atoms with Gasteiger partial charge in [0.25, 0.3) is 0 Å². The van der Waals surface area contributed by atoms with Gasteiger partial charge in [0.15, 0.2) is 16.6 Å². The number of methoxy groups -OCH3 is 3. The van der Waals surface area contributed by atoms with Crippen LogP contribution in [0.3, 0.4) is 0 Å². The Morgan fingerprint density at radius 3 is 2.26 bits per heavy atom. The molecule has 0 saturated heterocycles. The number of nitrogens with one attached hydrogen (secondary N) is 1. The number of anilines is 1. The maximum atomic E-state index is 14.2. The van der Waals surface area contributed by atoms with Crippen molar-refractivity contribution in [2.45, 2.75) is 19.9 Å². The fourth-order valence-electron chi connectivity index (χ4n) is 3.48. The largest absolute Gasteiger partial charge is 0.502 e. The first-order chi connectivity index (χ1) is 14.7. The first-order valence-corrected chi connectivity index (χ1v) is 9.75. The highest BCUT2D eigenvalue weighted by molar-refractivity contribution is 7.80. The number of carbonyl (C=O) groups excluding carboxylic acids is 1. The van der Waals surface area contributed by atoms with E-state index >= 15 is 0 Å². The number of phenols is 1. The molecule has 1 atom stereocenters. The van der Waals surface area contributed by atoms with Crippen molar-refractivity contribution in [3.63, 3.8) is 0 Å². The lowest BCUT2D eigenvalue weighted by Gasteiger charge is -2.37. The number of halogens is 1. The minimum absolute atomic E-state index is 0.163. The van der Waals surface area contributed by atoms with Crippen molar-refractivity contribution in [2.75, 3.05) is 26.2 Å². The zero-order valence-corrected chi connectivity index (χ0v) is 18.6. The molecule has 0 amide bonds. The molecule has 0 saturated carbocycles. The van der Waals surface area contributed by atoms with Crippen molar-refractivity contribution in [3.8, 4) is 17.2 Å². The smallest absolute Gasteiger partial charge is 0.337 e. The Morgan fingerprint density at radius 2 is 1.74 bits per heavy atom. The lowest BCUT2D eigenvalue weighted by atomic mass is 9.94. The van der Waals surface area contributed by atoms with E-state index in [-0.39, 0.29) is 33.8 Å². The predicted octanol–water partition coefficient (Wildman–Crippen LogP) is 3.74. The quantitative estimate of drug-likeness (QED) is 0.531. The Labute approximate surface area is 185 Å². The van der Waals surface area contributed by atoms with Gasteiger partial charge in [-0.3, -0.25) is 4.90 Å². The first kappa shape index (κ1) is 22.4. The maximum absolute atomic E-state index is 14.2. The van der Waals surface area contributed by atoms with Gasteiger partial charge in [-0.15, -0.1) is 0 Å². The summed E-state index contributed by atoms with van der Waals surface area (Å²) in [6.45, 7) is 3.37. The van der Waals surface area contributed by atoms with E-state index in [9.17, 15) is 14.3 Å². The number of allylic oxidation sites excluding steroid dienone is 1. The van der Waals surface area contributed by atoms with Crippen LogP contribution in [0, 0.1) is 12.7 Å². The number of nitrogens with zero attached hydrogens (tertiary/aromatic N) is 1. The summed E-state index contributed by atoms with van der Waals surface area (Å²) < 4.78 is 29.7. The van der Waals surface area contributed by atoms with Crippen LogP contribution in [0.2, 0.25) is 0 Å². The molecule has 7 nitrogen and oxygen atoms in total. The molecule has 9 heteroatoms. The summed E-state index contributed by atoms with van der Waals surface area (Å²) in [7, 11) is 4.10. The summed E-state index contributed by atoms with van der Waals surface area (Å²) in [4.78, 5) is 14.3. The van der Waals surface area contributed by atoms with Gasteiger partial charge in [-0.05, 0) is 61.5 Å². The van der Waals surface area contributed by atoms with Crippen LogP contribution in [0.1, 0.15) is 24.1 Å². The standard InChI is InChI=1S/C22H23FN2O5S/c1-11-6-7-14(10-15(11)23)25-12(2)18(21(27)30-5)19(24-22(25)31)13-8-16(28-3)20(26)17(9-13)29-4/h6-10,19,26H,1-5H3,(H,24,31)/t19-/m1/s1. The lowest BCUT2D eigenvalue weighted by molar-refractivity contribution is -0.136. The number of aryl methyl sites for hydroxylation is 1. The molecule has 1 heterocycles. The van der Waals surface area contributed by atoms with Crippen LogP contribution >= 0.6 is 12.2 Å². The number of phenolic OH excluding ortho intramolecular Hbond substituents is 1. The number of hydrogen-bond acceptors (Lipinski definition) is 6. The van der Waals surface area contributed by atoms with Crippen LogP contribution in [0.15, 0.2) is 41.6 Å². The fraction of sp³-hybridized carbons (Fsp3) is 0.273. The van der Waals surface area contributed by atoms with Gasteiger partial charge in [-0.2, -0.15) is 0 Å². The second kappa shape index (κ2) is 8.81. The topological polar surface area (TPSA) is 80.3 Å². The Bertz CT molecular complexity index is 1060. The van der Waals surface area contributed by atoms with Gasteiger partial charge in [-0.1, -0.05) is 6.07 Å². The molecule has 31 heavy (non-hydrogen) atoms. The third-order valence-electron chi connectivity index (χ3n) is 5.14. The van der Waals surface area contributed by atoms with E-state index < -0.39 is 12.0 Å². The summed E-state index contributed by atoms with van der Waals surface area (Å²) in [5.41, 5.74) is 2.28. The molecule has 0 spiro atoms. The van der Waals surface area contributed by atoms with Crippen molar-refractivity contribution in [2.24, 2.45) is 0 Å². The van der Waals surface area contributed by atoms with Crippen molar-refractivity contribution in [3.05, 3.63) is 58.5 Å². The summed E-state index contributed by atoms with van der Waals surface area (Å²) in [5.74, 6) is -0.785. The summed E-state index contributed by atoms with van der Waals surface area (Å²) in [5, 5.41) is 13.6. The molecule has 2 N–H and O–H groups in total. The molecule has 2 aromatic rings. The van der Waals surface area contributed by atoms with Gasteiger partial charge in [0.2, 0.25) is 5.75 Å². The van der Waals surface area contributed by atoms with E-state index in [1.807, 2.05) is 0 Å². The maximum Gasteiger partial charge on any atom is 0.337 e. The Kier molecular flexibility index (Phi) is 6.35. The van der Waals surface area contributed by atoms with Gasteiger partial charge in [0, 0.05) is 5.70 Å². The molecule has 0 fully saturated rings. The average molecular weight is 447 g/mol. The number of rotatable bonds is 5. The van der Waals surface area contributed by atoms with E-state index in [0.717, 1.165) is 0 Å². The van der Waals surface area contributed by atoms with Crippen molar-refractivity contribution < 1.29 is 28.5 Å². The molecule has 1 aliphatic heterocycles. The van der Waals surface area contributed by atoms with Gasteiger partial charge in [-0.25, -0.2) is 9.18 Å². The molecule has 2 aromatic carbocycles. The van der Waals surface area contributed by atoms with Crippen LogP contribution in [-0.4, -0.2) is 37.5 Å². The first-order valence-electron chi connectivity index (χ1n) is 9.34. The Balaban J connectivity index is 2.19. The van der Waals surface area contributed by atoms with Crippen molar-refractivity contribution >= 4 is 29.0 Å². The van der Waals surface area contributed by atoms with Gasteiger partial charge >= 0.3 is 5.97 Å². The van der Waals surface area contributed by atoms with Gasteiger partial charge in [0.1, 0.15) is 5.82 Å². The second-order valence-corrected chi connectivity index (χ2v) is 7.30. The average Bonchev–Trinajstić information content (AvgIpc) is 2.75. The van der Waals surface area contributed by atoms with Crippen LogP contribution in [0.5, 0.6) is 17.2 Å². The highest BCUT2D eigenvalue weighted by atomic mass is 32.1. The zero-order chi connectivity index (χ0) is 22.9. The summed E-state index contributed by atoms with van der Waals surface area (Å²) in [6, 6.07) is 7.16. The number of hydrogen-bond donors (Lipinski definition) is 2. The fourth-order valence-corrected chi connectivity index (χ4v) is 3.84. The minimum Gasteiger partial charge on any atom is -0.502 e. The molecule has 0 bridgehead atoms. The van der Waals surface area contributed by atoms with Crippen molar-refractivity contribution in [1.29, 1.82) is 0 Å². The molecule has 1 aliphatic rings. The number of carbonyl (C=O) groups is 1. The van der Waals surface area contributed by atoms with Gasteiger partial charge in [0.05, 0.1) is 38.6 Å². The third kappa shape index (κ3) is 4.00. The Hall–Kier alpha value is -3.33. The second-order valence-electron chi connectivity index (χ2n) is 6.92. The monoisotopic (exact) mass is 446 g/mol. The third-order valence-corrected chi connectivity index (χ3v) is 5.44. The molecule has 0 radical (unpaired) electrons. The van der Waals surface area contributed by atoms with E-state index in [0.29, 0.717) is 22.5 Å². The molecular formula is C22H23FN2O5S. The molecule has 0 unspecified atom stereocenters. The SMILES string of the molecule is COC(=O)C1=C(C)N(c2ccc(C)c(F)c2)C(=S)N[C@@H]1c1cc(OC)c(O)c(OC)c1. The Morgan fingerprint density at radius 1 is 1.13 bits per heavy atom. The van der Waals surface area contributed by atoms with Crippen LogP contribution in [-0.2, 0) is 9.53 Å². The van der Waals surface area contributed by atoms with E-state index in [1.54, 1.807) is 43.0 Å². The predicted molar refractivity (Wildman–Crippen MR) is 118 cm³/mol. The number of ether oxygens (including phenoxy) is 3. The molecular weight excluding hydrogens is 423 g/mol. The number of esters is 1. The normalized spacial score (nSPS) is 16.1. The van der Waals surface area contributed by atoms with Crippen molar-refractivity contribution in [1.82, 2.24) is 5.32 Å². The number of aromatic hydroxyl groups is 1. The van der Waals surface area contributed by atoms with E-state index in [1.165, 1.54) is 27.4 Å².